The van der Waals surface area contributed by atoms with Crippen LogP contribution in [0, 0.1) is 0 Å². The maximum Gasteiger partial charge on any atom is 0.306 e. The van der Waals surface area contributed by atoms with Crippen LogP contribution in [0.25, 0.3) is 0 Å². The van der Waals surface area contributed by atoms with E-state index in [0.717, 1.165) is 0 Å². The number of hydrogen-bond donors (Lipinski definition) is 0. The van der Waals surface area contributed by atoms with Crippen LogP contribution in [0.5, 0.6) is 0 Å². The third-order valence-corrected chi connectivity index (χ3v) is 17.6. The summed E-state index contributed by atoms with van der Waals surface area (Å²) in [6.45, 7) is 0. The Morgan fingerprint density at radius 1 is 0.529 bits per heavy atom. The van der Waals surface area contributed by atoms with Crippen molar-refractivity contribution in [2.45, 2.75) is 0 Å². The summed E-state index contributed by atoms with van der Waals surface area (Å²) in [5.74, 6) is 0. The fourth-order valence-corrected chi connectivity index (χ4v) is 15.6. The Hall–Kier alpha value is 0.234. The second-order valence-corrected chi connectivity index (χ2v) is 15.2. The first-order valence-electron chi connectivity index (χ1n) is 5.84. The van der Waals surface area contributed by atoms with Crippen molar-refractivity contribution in [3.05, 3.63) is 0 Å². The van der Waals surface area contributed by atoms with Crippen molar-refractivity contribution in [3.63, 3.8) is 0 Å². The molecule has 1 radical (unpaired) electrons. The molecule has 0 aliphatic rings. The van der Waals surface area contributed by atoms with Crippen molar-refractivity contribution in [2.24, 2.45) is 0 Å². The zero-order valence-electron chi connectivity index (χ0n) is 13.2. The van der Waals surface area contributed by atoms with Gasteiger partial charge in [0.15, 0.2) is 0 Å². The zero-order chi connectivity index (χ0) is 14.0. The summed E-state index contributed by atoms with van der Waals surface area (Å²) in [6, 6.07) is 0. The van der Waals surface area contributed by atoms with E-state index >= 15 is 0 Å². The van der Waals surface area contributed by atoms with Gasteiger partial charge in [0.2, 0.25) is 0 Å². The summed E-state index contributed by atoms with van der Waals surface area (Å²) >= 11 is 0. The van der Waals surface area contributed by atoms with Crippen LogP contribution in [-0.4, -0.2) is 110 Å². The molecule has 0 aromatic rings. The van der Waals surface area contributed by atoms with E-state index in [4.69, 9.17) is 0 Å². The van der Waals surface area contributed by atoms with Gasteiger partial charge in [0, 0.05) is 0 Å². The molecule has 0 aromatic heterocycles. The van der Waals surface area contributed by atoms with Gasteiger partial charge in [-0.1, -0.05) is 0 Å². The standard InChI is InChI=1S/C10H30N5Si2/c1-11(2)16(12(3)4)17(13(5)6,14(7)8)15(9)10/h1-10H3. The van der Waals surface area contributed by atoms with Crippen LogP contribution in [0.2, 0.25) is 0 Å². The van der Waals surface area contributed by atoms with Crippen LogP contribution in [0.15, 0.2) is 0 Å². The third-order valence-electron chi connectivity index (χ3n) is 3.02. The van der Waals surface area contributed by atoms with E-state index in [1.807, 2.05) is 0 Å². The zero-order valence-corrected chi connectivity index (χ0v) is 15.2. The molecular weight excluding hydrogens is 246 g/mol. The highest BCUT2D eigenvalue weighted by atomic mass is 29.3. The Labute approximate surface area is 110 Å². The van der Waals surface area contributed by atoms with Gasteiger partial charge in [-0.2, -0.15) is 0 Å². The quantitative estimate of drug-likeness (QED) is 0.595. The Morgan fingerprint density at radius 2 is 0.765 bits per heavy atom. The molecule has 0 N–H and O–H groups in total. The first kappa shape index (κ1) is 17.2. The summed E-state index contributed by atoms with van der Waals surface area (Å²) in [6.07, 6.45) is 0. The third kappa shape index (κ3) is 3.17. The fourth-order valence-electron chi connectivity index (χ4n) is 2.80. The Kier molecular flexibility index (Phi) is 6.50. The molecule has 5 nitrogen and oxygen atoms in total. The Morgan fingerprint density at radius 3 is 0.824 bits per heavy atom. The lowest BCUT2D eigenvalue weighted by molar-refractivity contribution is 0.384. The SMILES string of the molecule is CN(C)[Si](N(C)C)[Si](N(C)C)(N(C)C)N(C)C. The van der Waals surface area contributed by atoms with Crippen LogP contribution in [0.1, 0.15) is 0 Å². The number of nitrogens with zero attached hydrogens (tertiary/aromatic N) is 5. The van der Waals surface area contributed by atoms with Crippen molar-refractivity contribution in [1.29, 1.82) is 0 Å². The first-order valence-corrected chi connectivity index (χ1v) is 10.1. The van der Waals surface area contributed by atoms with Crippen molar-refractivity contribution < 1.29 is 0 Å². The Balaban J connectivity index is 5.70. The van der Waals surface area contributed by atoms with Gasteiger partial charge < -0.3 is 22.8 Å². The molecule has 0 rings (SSSR count). The molecule has 0 spiro atoms. The molecule has 7 heteroatoms. The van der Waals surface area contributed by atoms with Gasteiger partial charge in [-0.25, -0.2) is 0 Å². The smallest absolute Gasteiger partial charge is 0.306 e. The average Bonchev–Trinajstić information content (AvgIpc) is 2.09. The highest BCUT2D eigenvalue weighted by Gasteiger charge is 2.54. The predicted molar refractivity (Wildman–Crippen MR) is 79.9 cm³/mol. The van der Waals surface area contributed by atoms with E-state index in [0.29, 0.717) is 0 Å². The van der Waals surface area contributed by atoms with E-state index in [1.54, 1.807) is 0 Å². The van der Waals surface area contributed by atoms with Crippen molar-refractivity contribution >= 4 is 16.7 Å². The predicted octanol–water partition coefficient (Wildman–Crippen LogP) is -0.700. The minimum absolute atomic E-state index is 0.791. The average molecular weight is 277 g/mol. The van der Waals surface area contributed by atoms with Crippen molar-refractivity contribution in [2.75, 3.05) is 70.5 Å². The number of hydrogen-bond acceptors (Lipinski definition) is 5. The van der Waals surface area contributed by atoms with Gasteiger partial charge in [0.05, 0.1) is 0 Å². The molecule has 0 bridgehead atoms. The second-order valence-electron chi connectivity index (χ2n) is 5.43. The summed E-state index contributed by atoms with van der Waals surface area (Å²) in [5, 5.41) is 0. The molecule has 0 heterocycles. The molecule has 0 fully saturated rings. The molecule has 0 saturated carbocycles. The van der Waals surface area contributed by atoms with Gasteiger partial charge in [-0.15, -0.1) is 0 Å². The first-order chi connectivity index (χ1) is 7.59. The van der Waals surface area contributed by atoms with Crippen molar-refractivity contribution in [1.82, 2.24) is 22.8 Å². The minimum atomic E-state index is -1.83. The molecule has 0 saturated heterocycles. The molecular formula is C10H30N5Si2. The van der Waals surface area contributed by atoms with Crippen LogP contribution in [0.4, 0.5) is 0 Å². The van der Waals surface area contributed by atoms with E-state index in [-0.39, 0.29) is 0 Å². The van der Waals surface area contributed by atoms with E-state index in [2.05, 4.69) is 93.3 Å². The molecule has 0 amide bonds. The molecule has 0 unspecified atom stereocenters. The van der Waals surface area contributed by atoms with Crippen molar-refractivity contribution in [3.8, 4) is 0 Å². The molecule has 0 aliphatic heterocycles. The van der Waals surface area contributed by atoms with Crippen LogP contribution in [-0.2, 0) is 0 Å². The lowest BCUT2D eigenvalue weighted by Crippen LogP contribution is -2.84. The lowest BCUT2D eigenvalue weighted by Gasteiger charge is -2.52. The maximum atomic E-state index is 2.45. The molecule has 0 aliphatic carbocycles. The van der Waals surface area contributed by atoms with E-state index < -0.39 is 16.7 Å². The van der Waals surface area contributed by atoms with Crippen LogP contribution < -0.4 is 0 Å². The highest BCUT2D eigenvalue weighted by molar-refractivity contribution is 7.26. The normalized spacial score (nSPS) is 14.1. The van der Waals surface area contributed by atoms with Gasteiger partial charge in [-0.05, 0) is 70.5 Å². The summed E-state index contributed by atoms with van der Waals surface area (Å²) in [7, 11) is 19.5. The van der Waals surface area contributed by atoms with Gasteiger partial charge in [0.25, 0.3) is 8.64 Å². The lowest BCUT2D eigenvalue weighted by atomic mass is 11.2. The molecule has 103 valence electrons. The van der Waals surface area contributed by atoms with E-state index in [9.17, 15) is 0 Å². The molecule has 0 atom stereocenters. The van der Waals surface area contributed by atoms with Gasteiger partial charge in [0.1, 0.15) is 0 Å². The van der Waals surface area contributed by atoms with Gasteiger partial charge in [-0.3, -0.25) is 0 Å². The van der Waals surface area contributed by atoms with Crippen LogP contribution >= 0.6 is 0 Å². The summed E-state index contributed by atoms with van der Waals surface area (Å²) < 4.78 is 12.2. The second kappa shape index (κ2) is 6.41. The Bertz CT molecular complexity index is 201. The number of rotatable bonds is 6. The molecule has 17 heavy (non-hydrogen) atoms. The molecule has 0 aromatic carbocycles. The van der Waals surface area contributed by atoms with E-state index in [1.165, 1.54) is 0 Å². The summed E-state index contributed by atoms with van der Waals surface area (Å²) in [5.41, 5.74) is 0. The topological polar surface area (TPSA) is 16.2 Å². The monoisotopic (exact) mass is 276 g/mol. The maximum absolute atomic E-state index is 2.45. The van der Waals surface area contributed by atoms with Crippen LogP contribution in [0.3, 0.4) is 0 Å². The summed E-state index contributed by atoms with van der Waals surface area (Å²) in [4.78, 5) is 0. The van der Waals surface area contributed by atoms with Gasteiger partial charge >= 0.3 is 8.08 Å². The largest absolute Gasteiger partial charge is 0.316 e. The highest BCUT2D eigenvalue weighted by Crippen LogP contribution is 2.18. The minimum Gasteiger partial charge on any atom is -0.316 e. The fraction of sp³-hybridized carbons (Fsp3) is 1.00.